The van der Waals surface area contributed by atoms with E-state index in [0.717, 1.165) is 27.5 Å². The SMILES string of the molecule is CCOC(=O)c1csc(-c2ccc3c(c2)c2cc(-c4ccc(F)cc4)c(=O)n(C)c2n3C)n1. The van der Waals surface area contributed by atoms with E-state index in [1.807, 2.05) is 35.9 Å². The zero-order valence-electron chi connectivity index (χ0n) is 18.3. The van der Waals surface area contributed by atoms with Gasteiger partial charge in [-0.3, -0.25) is 9.36 Å². The molecule has 0 saturated heterocycles. The molecule has 0 radical (unpaired) electrons. The van der Waals surface area contributed by atoms with Crippen LogP contribution in [-0.4, -0.2) is 26.7 Å². The Kier molecular flexibility index (Phi) is 5.09. The smallest absolute Gasteiger partial charge is 0.357 e. The zero-order valence-corrected chi connectivity index (χ0v) is 19.1. The number of halogens is 1. The van der Waals surface area contributed by atoms with E-state index in [4.69, 9.17) is 4.74 Å². The van der Waals surface area contributed by atoms with Gasteiger partial charge < -0.3 is 9.30 Å². The van der Waals surface area contributed by atoms with Crippen LogP contribution < -0.4 is 5.56 Å². The first kappa shape index (κ1) is 21.1. The minimum absolute atomic E-state index is 0.153. The number of esters is 1. The maximum Gasteiger partial charge on any atom is 0.357 e. The van der Waals surface area contributed by atoms with Gasteiger partial charge in [0.1, 0.15) is 16.5 Å². The third-order valence-electron chi connectivity index (χ3n) is 5.74. The maximum atomic E-state index is 13.4. The van der Waals surface area contributed by atoms with Gasteiger partial charge in [-0.05, 0) is 48.9 Å². The molecule has 0 atom stereocenters. The van der Waals surface area contributed by atoms with Crippen molar-refractivity contribution in [1.82, 2.24) is 14.1 Å². The minimum Gasteiger partial charge on any atom is -0.461 e. The average molecular weight is 462 g/mol. The highest BCUT2D eigenvalue weighted by Gasteiger charge is 2.18. The van der Waals surface area contributed by atoms with Crippen molar-refractivity contribution in [2.45, 2.75) is 6.92 Å². The summed E-state index contributed by atoms with van der Waals surface area (Å²) in [5.41, 5.74) is 3.90. The number of benzene rings is 2. The fourth-order valence-corrected chi connectivity index (χ4v) is 4.95. The van der Waals surface area contributed by atoms with E-state index in [-0.39, 0.29) is 17.1 Å². The topological polar surface area (TPSA) is 66.1 Å². The molecule has 166 valence electrons. The second-order valence-electron chi connectivity index (χ2n) is 7.72. The van der Waals surface area contributed by atoms with Crippen LogP contribution in [0.25, 0.3) is 43.6 Å². The molecule has 8 heteroatoms. The Morgan fingerprint density at radius 2 is 1.76 bits per heavy atom. The number of aromatic nitrogens is 3. The van der Waals surface area contributed by atoms with Crippen molar-refractivity contribution in [3.63, 3.8) is 0 Å². The third kappa shape index (κ3) is 3.43. The van der Waals surface area contributed by atoms with Gasteiger partial charge >= 0.3 is 5.97 Å². The summed E-state index contributed by atoms with van der Waals surface area (Å²) in [7, 11) is 3.66. The molecule has 5 aromatic rings. The number of thiazole rings is 1. The van der Waals surface area contributed by atoms with Gasteiger partial charge in [-0.25, -0.2) is 14.2 Å². The summed E-state index contributed by atoms with van der Waals surface area (Å²) in [4.78, 5) is 29.6. The molecule has 2 aromatic carbocycles. The lowest BCUT2D eigenvalue weighted by Crippen LogP contribution is -2.20. The number of fused-ring (bicyclic) bond motifs is 3. The molecule has 0 aliphatic heterocycles. The van der Waals surface area contributed by atoms with Gasteiger partial charge in [0.15, 0.2) is 5.69 Å². The van der Waals surface area contributed by atoms with Gasteiger partial charge in [0.25, 0.3) is 5.56 Å². The Balaban J connectivity index is 1.71. The van der Waals surface area contributed by atoms with Crippen LogP contribution in [0.3, 0.4) is 0 Å². The highest BCUT2D eigenvalue weighted by atomic mass is 32.1. The Labute approximate surface area is 192 Å². The van der Waals surface area contributed by atoms with Crippen molar-refractivity contribution in [2.24, 2.45) is 14.1 Å². The number of ether oxygens (including phenoxy) is 1. The van der Waals surface area contributed by atoms with Crippen LogP contribution in [0.5, 0.6) is 0 Å². The average Bonchev–Trinajstić information content (AvgIpc) is 3.41. The largest absolute Gasteiger partial charge is 0.461 e. The quantitative estimate of drug-likeness (QED) is 0.348. The highest BCUT2D eigenvalue weighted by molar-refractivity contribution is 7.13. The Morgan fingerprint density at radius 3 is 2.48 bits per heavy atom. The van der Waals surface area contributed by atoms with Gasteiger partial charge in [-0.1, -0.05) is 12.1 Å². The molecule has 0 fully saturated rings. The normalized spacial score (nSPS) is 11.4. The number of pyridine rings is 1. The Bertz CT molecular complexity index is 1600. The molecule has 0 bridgehead atoms. The second kappa shape index (κ2) is 7.97. The summed E-state index contributed by atoms with van der Waals surface area (Å²) in [5.74, 6) is -0.790. The predicted molar refractivity (Wildman–Crippen MR) is 128 cm³/mol. The third-order valence-corrected chi connectivity index (χ3v) is 6.63. The summed E-state index contributed by atoms with van der Waals surface area (Å²) in [6.45, 7) is 2.05. The molecule has 0 spiro atoms. The lowest BCUT2D eigenvalue weighted by Gasteiger charge is -2.08. The fourth-order valence-electron chi connectivity index (χ4n) is 4.16. The van der Waals surface area contributed by atoms with Crippen LogP contribution >= 0.6 is 11.3 Å². The predicted octanol–water partition coefficient (Wildman–Crippen LogP) is 5.14. The van der Waals surface area contributed by atoms with E-state index >= 15 is 0 Å². The standard InChI is InChI=1S/C25H20FN3O3S/c1-4-32-25(31)20-13-33-22(27-20)15-7-10-21-18(11-15)19-12-17(14-5-8-16(26)9-6-14)24(30)29(3)23(19)28(21)2/h5-13H,4H2,1-3H3. The first-order chi connectivity index (χ1) is 15.9. The highest BCUT2D eigenvalue weighted by Crippen LogP contribution is 2.34. The van der Waals surface area contributed by atoms with Crippen molar-refractivity contribution in [1.29, 1.82) is 0 Å². The van der Waals surface area contributed by atoms with Gasteiger partial charge in [0, 0.05) is 41.4 Å². The number of nitrogens with zero attached hydrogens (tertiary/aromatic N) is 3. The molecule has 6 nitrogen and oxygen atoms in total. The summed E-state index contributed by atoms with van der Waals surface area (Å²) < 4.78 is 22.1. The molecule has 0 saturated carbocycles. The monoisotopic (exact) mass is 461 g/mol. The van der Waals surface area contributed by atoms with E-state index in [1.165, 1.54) is 23.5 Å². The van der Waals surface area contributed by atoms with E-state index < -0.39 is 5.97 Å². The molecule has 3 heterocycles. The van der Waals surface area contributed by atoms with Gasteiger partial charge in [-0.15, -0.1) is 11.3 Å². The minimum atomic E-state index is -0.440. The van der Waals surface area contributed by atoms with Gasteiger partial charge in [0.05, 0.1) is 12.1 Å². The molecule has 0 aliphatic carbocycles. The number of hydrogen-bond acceptors (Lipinski definition) is 5. The van der Waals surface area contributed by atoms with Crippen LogP contribution in [0.2, 0.25) is 0 Å². The van der Waals surface area contributed by atoms with Crippen LogP contribution in [-0.2, 0) is 18.8 Å². The van der Waals surface area contributed by atoms with E-state index in [1.54, 1.807) is 36.1 Å². The number of aryl methyl sites for hydroxylation is 2. The van der Waals surface area contributed by atoms with E-state index in [2.05, 4.69) is 4.98 Å². The van der Waals surface area contributed by atoms with Crippen LogP contribution in [0, 0.1) is 5.82 Å². The fraction of sp³-hybridized carbons (Fsp3) is 0.160. The van der Waals surface area contributed by atoms with Crippen LogP contribution in [0.15, 0.2) is 58.7 Å². The molecular formula is C25H20FN3O3S. The molecule has 0 aliphatic rings. The number of carbonyl (C=O) groups is 1. The first-order valence-electron chi connectivity index (χ1n) is 10.4. The van der Waals surface area contributed by atoms with E-state index in [0.29, 0.717) is 22.7 Å². The molecule has 0 unspecified atom stereocenters. The summed E-state index contributed by atoms with van der Waals surface area (Å²) >= 11 is 1.38. The number of rotatable bonds is 4. The van der Waals surface area contributed by atoms with Gasteiger partial charge in [-0.2, -0.15) is 0 Å². The molecule has 33 heavy (non-hydrogen) atoms. The summed E-state index contributed by atoms with van der Waals surface area (Å²) in [6.07, 6.45) is 0. The Hall–Kier alpha value is -3.78. The van der Waals surface area contributed by atoms with Crippen molar-refractivity contribution in [3.8, 4) is 21.7 Å². The van der Waals surface area contributed by atoms with E-state index in [9.17, 15) is 14.0 Å². The second-order valence-corrected chi connectivity index (χ2v) is 8.57. The maximum absolute atomic E-state index is 13.4. The summed E-state index contributed by atoms with van der Waals surface area (Å²) in [5, 5.41) is 4.26. The van der Waals surface area contributed by atoms with Crippen molar-refractivity contribution in [3.05, 3.63) is 75.8 Å². The molecule has 5 rings (SSSR count). The van der Waals surface area contributed by atoms with Crippen LogP contribution in [0.1, 0.15) is 17.4 Å². The lowest BCUT2D eigenvalue weighted by atomic mass is 10.0. The molecule has 3 aromatic heterocycles. The Morgan fingerprint density at radius 1 is 1.03 bits per heavy atom. The van der Waals surface area contributed by atoms with Gasteiger partial charge in [0.2, 0.25) is 0 Å². The van der Waals surface area contributed by atoms with Crippen molar-refractivity contribution in [2.75, 3.05) is 6.61 Å². The molecule has 0 amide bonds. The zero-order chi connectivity index (χ0) is 23.3. The van der Waals surface area contributed by atoms with Crippen molar-refractivity contribution < 1.29 is 13.9 Å². The summed E-state index contributed by atoms with van der Waals surface area (Å²) in [6, 6.07) is 13.7. The number of carbonyl (C=O) groups excluding carboxylic acids is 1. The van der Waals surface area contributed by atoms with Crippen LogP contribution in [0.4, 0.5) is 4.39 Å². The lowest BCUT2D eigenvalue weighted by molar-refractivity contribution is 0.0520. The molecular weight excluding hydrogens is 441 g/mol. The van der Waals surface area contributed by atoms with Crippen molar-refractivity contribution >= 4 is 39.2 Å². The molecule has 0 N–H and O–H groups in total. The number of hydrogen-bond donors (Lipinski definition) is 0. The first-order valence-corrected chi connectivity index (χ1v) is 11.3.